The minimum Gasteiger partial charge on any atom is -0.312 e. The minimum atomic E-state index is -0.595. The van der Waals surface area contributed by atoms with Gasteiger partial charge in [0.05, 0.1) is 5.69 Å². The van der Waals surface area contributed by atoms with Crippen molar-refractivity contribution in [3.05, 3.63) is 46.8 Å². The van der Waals surface area contributed by atoms with Crippen LogP contribution in [-0.2, 0) is 6.54 Å². The molecule has 114 valence electrons. The third kappa shape index (κ3) is 3.67. The topological polar surface area (TPSA) is 29.9 Å². The molecule has 1 aromatic carbocycles. The highest BCUT2D eigenvalue weighted by atomic mass is 19.1. The lowest BCUT2D eigenvalue weighted by Crippen LogP contribution is -2.19. The van der Waals surface area contributed by atoms with Crippen LogP contribution in [0.2, 0.25) is 0 Å². The normalized spacial score (nSPS) is 11.4. The molecule has 21 heavy (non-hydrogen) atoms. The summed E-state index contributed by atoms with van der Waals surface area (Å²) in [6.45, 7) is 8.99. The summed E-state index contributed by atoms with van der Waals surface area (Å²) < 4.78 is 29.8. The summed E-state index contributed by atoms with van der Waals surface area (Å²) >= 11 is 0. The standard InChI is InChI=1S/C16H21F2N3/c1-10(2)8-19-9-13-6-14(17)16(15(18)7-13)21-12(4)5-11(3)20-21/h5-7,10,19H,8-9H2,1-4H3. The van der Waals surface area contributed by atoms with Crippen molar-refractivity contribution in [2.75, 3.05) is 6.54 Å². The van der Waals surface area contributed by atoms with Crippen LogP contribution in [0.15, 0.2) is 18.2 Å². The SMILES string of the molecule is Cc1cc(C)n(-c2c(F)cc(CNCC(C)C)cc2F)n1. The van der Waals surface area contributed by atoms with Gasteiger partial charge >= 0.3 is 0 Å². The third-order valence-electron chi connectivity index (χ3n) is 3.18. The van der Waals surface area contributed by atoms with E-state index in [2.05, 4.69) is 24.3 Å². The molecular formula is C16H21F2N3. The Hall–Kier alpha value is -1.75. The zero-order chi connectivity index (χ0) is 15.6. The molecule has 1 N–H and O–H groups in total. The van der Waals surface area contributed by atoms with E-state index in [4.69, 9.17) is 0 Å². The van der Waals surface area contributed by atoms with E-state index in [1.165, 1.54) is 16.8 Å². The number of aryl methyl sites for hydroxylation is 2. The fourth-order valence-corrected chi connectivity index (χ4v) is 2.28. The van der Waals surface area contributed by atoms with Crippen LogP contribution in [0.5, 0.6) is 0 Å². The number of halogens is 2. The number of nitrogens with one attached hydrogen (secondary N) is 1. The Kier molecular flexibility index (Phi) is 4.73. The van der Waals surface area contributed by atoms with Crippen molar-refractivity contribution in [3.63, 3.8) is 0 Å². The second-order valence-electron chi connectivity index (χ2n) is 5.77. The average Bonchev–Trinajstić information content (AvgIpc) is 2.67. The number of hydrogen-bond donors (Lipinski definition) is 1. The van der Waals surface area contributed by atoms with Crippen molar-refractivity contribution in [3.8, 4) is 5.69 Å². The summed E-state index contributed by atoms with van der Waals surface area (Å²) in [5.41, 5.74) is 1.91. The van der Waals surface area contributed by atoms with Crippen LogP contribution in [0.1, 0.15) is 30.8 Å². The lowest BCUT2D eigenvalue weighted by atomic mass is 10.1. The Morgan fingerprint density at radius 2 is 1.76 bits per heavy atom. The molecule has 0 amide bonds. The van der Waals surface area contributed by atoms with Gasteiger partial charge in [0.25, 0.3) is 0 Å². The Morgan fingerprint density at radius 1 is 1.14 bits per heavy atom. The van der Waals surface area contributed by atoms with Gasteiger partial charge in [0.1, 0.15) is 5.69 Å². The quantitative estimate of drug-likeness (QED) is 0.914. The van der Waals surface area contributed by atoms with Crippen molar-refractivity contribution >= 4 is 0 Å². The number of aromatic nitrogens is 2. The summed E-state index contributed by atoms with van der Waals surface area (Å²) in [5.74, 6) is -0.696. The van der Waals surface area contributed by atoms with Gasteiger partial charge in [-0.3, -0.25) is 0 Å². The van der Waals surface area contributed by atoms with E-state index in [9.17, 15) is 8.78 Å². The lowest BCUT2D eigenvalue weighted by Gasteiger charge is -2.11. The van der Waals surface area contributed by atoms with Gasteiger partial charge in [-0.2, -0.15) is 5.10 Å². The first-order chi connectivity index (χ1) is 9.88. The van der Waals surface area contributed by atoms with Crippen molar-refractivity contribution in [2.45, 2.75) is 34.2 Å². The Labute approximate surface area is 124 Å². The van der Waals surface area contributed by atoms with E-state index < -0.39 is 11.6 Å². The molecule has 0 atom stereocenters. The highest BCUT2D eigenvalue weighted by Gasteiger charge is 2.16. The molecule has 0 bridgehead atoms. The Balaban J connectivity index is 2.27. The van der Waals surface area contributed by atoms with Gasteiger partial charge in [-0.05, 0) is 50.1 Å². The summed E-state index contributed by atoms with van der Waals surface area (Å²) in [5, 5.41) is 7.31. The van der Waals surface area contributed by atoms with Crippen LogP contribution in [0.4, 0.5) is 8.78 Å². The van der Waals surface area contributed by atoms with Crippen molar-refractivity contribution < 1.29 is 8.78 Å². The van der Waals surface area contributed by atoms with E-state index in [1.54, 1.807) is 19.9 Å². The Morgan fingerprint density at radius 3 is 2.24 bits per heavy atom. The fourth-order valence-electron chi connectivity index (χ4n) is 2.28. The maximum Gasteiger partial charge on any atom is 0.152 e. The molecular weight excluding hydrogens is 272 g/mol. The Bertz CT molecular complexity index is 609. The maximum absolute atomic E-state index is 14.2. The average molecular weight is 293 g/mol. The lowest BCUT2D eigenvalue weighted by molar-refractivity contribution is 0.536. The molecule has 1 heterocycles. The predicted molar refractivity (Wildman–Crippen MR) is 79.5 cm³/mol. The van der Waals surface area contributed by atoms with E-state index in [0.717, 1.165) is 12.2 Å². The van der Waals surface area contributed by atoms with Crippen molar-refractivity contribution in [2.24, 2.45) is 5.92 Å². The first-order valence-corrected chi connectivity index (χ1v) is 7.10. The first kappa shape index (κ1) is 15.6. The molecule has 0 radical (unpaired) electrons. The molecule has 2 aromatic rings. The molecule has 0 spiro atoms. The van der Waals surface area contributed by atoms with Crippen LogP contribution in [0.3, 0.4) is 0 Å². The maximum atomic E-state index is 14.2. The largest absolute Gasteiger partial charge is 0.312 e. The van der Waals surface area contributed by atoms with Gasteiger partial charge in [0, 0.05) is 12.2 Å². The monoisotopic (exact) mass is 293 g/mol. The van der Waals surface area contributed by atoms with E-state index in [-0.39, 0.29) is 5.69 Å². The second-order valence-corrected chi connectivity index (χ2v) is 5.77. The van der Waals surface area contributed by atoms with E-state index in [1.807, 2.05) is 0 Å². The highest BCUT2D eigenvalue weighted by Crippen LogP contribution is 2.21. The second kappa shape index (κ2) is 6.35. The molecule has 0 aliphatic carbocycles. The molecule has 2 rings (SSSR count). The van der Waals surface area contributed by atoms with Gasteiger partial charge in [-0.15, -0.1) is 0 Å². The highest BCUT2D eigenvalue weighted by molar-refractivity contribution is 5.39. The van der Waals surface area contributed by atoms with Gasteiger partial charge < -0.3 is 5.32 Å². The molecule has 0 saturated heterocycles. The molecule has 3 nitrogen and oxygen atoms in total. The number of benzene rings is 1. The number of hydrogen-bond acceptors (Lipinski definition) is 2. The summed E-state index contributed by atoms with van der Waals surface area (Å²) in [4.78, 5) is 0. The minimum absolute atomic E-state index is 0.117. The van der Waals surface area contributed by atoms with Crippen molar-refractivity contribution in [1.82, 2.24) is 15.1 Å². The molecule has 0 unspecified atom stereocenters. The molecule has 0 aliphatic heterocycles. The molecule has 0 saturated carbocycles. The third-order valence-corrected chi connectivity index (χ3v) is 3.18. The summed E-state index contributed by atoms with van der Waals surface area (Å²) in [7, 11) is 0. The molecule has 1 aromatic heterocycles. The number of rotatable bonds is 5. The summed E-state index contributed by atoms with van der Waals surface area (Å²) in [6, 6.07) is 4.52. The molecule has 0 fully saturated rings. The zero-order valence-corrected chi connectivity index (χ0v) is 12.9. The smallest absolute Gasteiger partial charge is 0.152 e. The summed E-state index contributed by atoms with van der Waals surface area (Å²) in [6.07, 6.45) is 0. The van der Waals surface area contributed by atoms with Crippen LogP contribution < -0.4 is 5.32 Å². The zero-order valence-electron chi connectivity index (χ0n) is 12.9. The molecule has 5 heteroatoms. The van der Waals surface area contributed by atoms with Crippen LogP contribution in [0.25, 0.3) is 5.69 Å². The van der Waals surface area contributed by atoms with E-state index in [0.29, 0.717) is 23.7 Å². The predicted octanol–water partition coefficient (Wildman–Crippen LogP) is 3.51. The number of nitrogens with zero attached hydrogens (tertiary/aromatic N) is 2. The van der Waals surface area contributed by atoms with Gasteiger partial charge in [0.15, 0.2) is 11.6 Å². The van der Waals surface area contributed by atoms with E-state index >= 15 is 0 Å². The van der Waals surface area contributed by atoms with Crippen LogP contribution in [0, 0.1) is 31.4 Å². The van der Waals surface area contributed by atoms with Gasteiger partial charge in [-0.1, -0.05) is 13.8 Å². The van der Waals surface area contributed by atoms with Gasteiger partial charge in [0.2, 0.25) is 0 Å². The molecule has 0 aliphatic rings. The van der Waals surface area contributed by atoms with Crippen LogP contribution >= 0.6 is 0 Å². The van der Waals surface area contributed by atoms with Crippen molar-refractivity contribution in [1.29, 1.82) is 0 Å². The van der Waals surface area contributed by atoms with Gasteiger partial charge in [-0.25, -0.2) is 13.5 Å². The van der Waals surface area contributed by atoms with Crippen LogP contribution in [-0.4, -0.2) is 16.3 Å². The first-order valence-electron chi connectivity index (χ1n) is 7.10. The fraction of sp³-hybridized carbons (Fsp3) is 0.438.